The van der Waals surface area contributed by atoms with Crippen molar-refractivity contribution in [3.63, 3.8) is 0 Å². The Bertz CT molecular complexity index is 491. The van der Waals surface area contributed by atoms with Gasteiger partial charge in [-0.1, -0.05) is 13.0 Å². The van der Waals surface area contributed by atoms with E-state index in [0.717, 1.165) is 12.1 Å². The summed E-state index contributed by atoms with van der Waals surface area (Å²) in [7, 11) is 1.23. The van der Waals surface area contributed by atoms with Gasteiger partial charge in [-0.25, -0.2) is 8.78 Å². The summed E-state index contributed by atoms with van der Waals surface area (Å²) in [5.41, 5.74) is 0.0994. The summed E-state index contributed by atoms with van der Waals surface area (Å²) in [6, 6.07) is 3.05. The molecule has 0 unspecified atom stereocenters. The van der Waals surface area contributed by atoms with E-state index in [2.05, 4.69) is 4.74 Å². The zero-order chi connectivity index (χ0) is 15.1. The van der Waals surface area contributed by atoms with Gasteiger partial charge >= 0.3 is 5.97 Å². The van der Waals surface area contributed by atoms with E-state index < -0.39 is 23.5 Å². The van der Waals surface area contributed by atoms with Crippen LogP contribution in [0.25, 0.3) is 0 Å². The summed E-state index contributed by atoms with van der Waals surface area (Å²) in [5.74, 6) is -2.40. The van der Waals surface area contributed by atoms with E-state index in [9.17, 15) is 18.4 Å². The highest BCUT2D eigenvalue weighted by Crippen LogP contribution is 2.11. The number of esters is 1. The lowest BCUT2D eigenvalue weighted by Crippen LogP contribution is -2.37. The molecule has 110 valence electrons. The van der Waals surface area contributed by atoms with Crippen molar-refractivity contribution in [3.05, 3.63) is 35.4 Å². The lowest BCUT2D eigenvalue weighted by atomic mass is 10.1. The smallest absolute Gasteiger partial charge is 0.325 e. The van der Waals surface area contributed by atoms with E-state index >= 15 is 0 Å². The number of carbonyl (C=O) groups is 2. The zero-order valence-corrected chi connectivity index (χ0v) is 11.5. The van der Waals surface area contributed by atoms with Gasteiger partial charge in [0.1, 0.15) is 18.2 Å². The molecule has 1 aromatic rings. The predicted molar refractivity (Wildman–Crippen MR) is 68.9 cm³/mol. The van der Waals surface area contributed by atoms with Gasteiger partial charge in [0.2, 0.25) is 5.91 Å². The van der Waals surface area contributed by atoms with Crippen molar-refractivity contribution in [2.24, 2.45) is 0 Å². The van der Waals surface area contributed by atoms with Gasteiger partial charge in [-0.15, -0.1) is 0 Å². The Labute approximate surface area is 116 Å². The lowest BCUT2D eigenvalue weighted by Gasteiger charge is -2.20. The first kappa shape index (κ1) is 16.1. The minimum Gasteiger partial charge on any atom is -0.468 e. The fraction of sp³-hybridized carbons (Fsp3) is 0.429. The van der Waals surface area contributed by atoms with Crippen LogP contribution in [0.15, 0.2) is 18.2 Å². The predicted octanol–water partition coefficient (Wildman–Crippen LogP) is 1.92. The van der Waals surface area contributed by atoms with Gasteiger partial charge in [-0.05, 0) is 18.1 Å². The fourth-order valence-electron chi connectivity index (χ4n) is 1.72. The topological polar surface area (TPSA) is 46.6 Å². The van der Waals surface area contributed by atoms with Crippen LogP contribution in [0.1, 0.15) is 18.9 Å². The SMILES string of the molecule is CCCN(CC(=O)OC)C(=O)Cc1ccc(F)cc1F. The third-order valence-electron chi connectivity index (χ3n) is 2.75. The van der Waals surface area contributed by atoms with E-state index in [4.69, 9.17) is 0 Å². The third-order valence-corrected chi connectivity index (χ3v) is 2.75. The summed E-state index contributed by atoms with van der Waals surface area (Å²) >= 11 is 0. The molecule has 1 aromatic carbocycles. The molecule has 4 nitrogen and oxygen atoms in total. The normalized spacial score (nSPS) is 10.2. The standard InChI is InChI=1S/C14H17F2NO3/c1-3-6-17(9-14(19)20-2)13(18)7-10-4-5-11(15)8-12(10)16/h4-5,8H,3,6-7,9H2,1-2H3. The number of amides is 1. The van der Waals surface area contributed by atoms with Crippen LogP contribution in [0.3, 0.4) is 0 Å². The molecule has 0 fully saturated rings. The molecule has 0 radical (unpaired) electrons. The van der Waals surface area contributed by atoms with Crippen LogP contribution >= 0.6 is 0 Å². The third kappa shape index (κ3) is 4.60. The van der Waals surface area contributed by atoms with E-state index in [1.165, 1.54) is 18.1 Å². The van der Waals surface area contributed by atoms with Crippen molar-refractivity contribution >= 4 is 11.9 Å². The fourth-order valence-corrected chi connectivity index (χ4v) is 1.72. The quantitative estimate of drug-likeness (QED) is 0.750. The monoisotopic (exact) mass is 285 g/mol. The number of methoxy groups -OCH3 is 1. The van der Waals surface area contributed by atoms with Crippen LogP contribution in [-0.2, 0) is 20.7 Å². The van der Waals surface area contributed by atoms with Gasteiger partial charge < -0.3 is 9.64 Å². The molecule has 6 heteroatoms. The molecule has 0 spiro atoms. The van der Waals surface area contributed by atoms with E-state index in [1.807, 2.05) is 6.92 Å². The summed E-state index contributed by atoms with van der Waals surface area (Å²) < 4.78 is 30.8. The van der Waals surface area contributed by atoms with Gasteiger partial charge in [-0.2, -0.15) is 0 Å². The molecule has 0 atom stereocenters. The molecule has 0 heterocycles. The van der Waals surface area contributed by atoms with Gasteiger partial charge in [0, 0.05) is 12.6 Å². The van der Waals surface area contributed by atoms with Crippen molar-refractivity contribution in [3.8, 4) is 0 Å². The van der Waals surface area contributed by atoms with E-state index in [-0.39, 0.29) is 18.5 Å². The number of hydrogen-bond donors (Lipinski definition) is 0. The minimum absolute atomic E-state index is 0.0994. The van der Waals surface area contributed by atoms with Crippen molar-refractivity contribution in [2.75, 3.05) is 20.2 Å². The molecule has 0 aromatic heterocycles. The molecule has 0 N–H and O–H groups in total. The Morgan fingerprint density at radius 2 is 2.00 bits per heavy atom. The molecule has 0 saturated heterocycles. The molecule has 1 rings (SSSR count). The summed E-state index contributed by atoms with van der Waals surface area (Å²) in [6.07, 6.45) is 0.442. The second-order valence-electron chi connectivity index (χ2n) is 4.30. The number of halogens is 2. The van der Waals surface area contributed by atoms with Crippen LogP contribution in [0, 0.1) is 11.6 Å². The molecular weight excluding hydrogens is 268 g/mol. The first-order valence-corrected chi connectivity index (χ1v) is 6.26. The van der Waals surface area contributed by atoms with Crippen LogP contribution in [0.2, 0.25) is 0 Å². The Morgan fingerprint density at radius 1 is 1.30 bits per heavy atom. The number of ether oxygens (including phenoxy) is 1. The van der Waals surface area contributed by atoms with Crippen LogP contribution in [0.4, 0.5) is 8.78 Å². The van der Waals surface area contributed by atoms with E-state index in [0.29, 0.717) is 13.0 Å². The van der Waals surface area contributed by atoms with Gasteiger partial charge in [-0.3, -0.25) is 9.59 Å². The number of benzene rings is 1. The highest BCUT2D eigenvalue weighted by molar-refractivity contribution is 5.83. The maximum Gasteiger partial charge on any atom is 0.325 e. The second-order valence-corrected chi connectivity index (χ2v) is 4.30. The first-order valence-electron chi connectivity index (χ1n) is 6.26. The Balaban J connectivity index is 2.77. The summed E-state index contributed by atoms with van der Waals surface area (Å²) in [6.45, 7) is 2.05. The largest absolute Gasteiger partial charge is 0.468 e. The van der Waals surface area contributed by atoms with Crippen molar-refractivity contribution in [1.82, 2.24) is 4.90 Å². The van der Waals surface area contributed by atoms with Crippen LogP contribution in [0.5, 0.6) is 0 Å². The molecule has 0 aliphatic rings. The Hall–Kier alpha value is -1.98. The highest BCUT2D eigenvalue weighted by atomic mass is 19.1. The van der Waals surface area contributed by atoms with Gasteiger partial charge in [0.15, 0.2) is 0 Å². The highest BCUT2D eigenvalue weighted by Gasteiger charge is 2.18. The van der Waals surface area contributed by atoms with Crippen molar-refractivity contribution in [1.29, 1.82) is 0 Å². The molecular formula is C14H17F2NO3. The number of nitrogens with zero attached hydrogens (tertiary/aromatic N) is 1. The maximum atomic E-state index is 13.5. The molecule has 0 bridgehead atoms. The number of hydrogen-bond acceptors (Lipinski definition) is 3. The number of carbonyl (C=O) groups excluding carboxylic acids is 2. The van der Waals surface area contributed by atoms with Crippen molar-refractivity contribution < 1.29 is 23.1 Å². The lowest BCUT2D eigenvalue weighted by molar-refractivity contribution is -0.146. The zero-order valence-electron chi connectivity index (χ0n) is 11.5. The van der Waals surface area contributed by atoms with Gasteiger partial charge in [0.05, 0.1) is 13.5 Å². The average molecular weight is 285 g/mol. The molecule has 0 aliphatic carbocycles. The van der Waals surface area contributed by atoms with E-state index in [1.54, 1.807) is 0 Å². The second kappa shape index (κ2) is 7.57. The summed E-state index contributed by atoms with van der Waals surface area (Å²) in [5, 5.41) is 0. The Kier molecular flexibility index (Phi) is 6.09. The minimum atomic E-state index is -0.770. The average Bonchev–Trinajstić information content (AvgIpc) is 2.41. The molecule has 0 aliphatic heterocycles. The summed E-state index contributed by atoms with van der Waals surface area (Å²) in [4.78, 5) is 24.6. The van der Waals surface area contributed by atoms with Gasteiger partial charge in [0.25, 0.3) is 0 Å². The Morgan fingerprint density at radius 3 is 2.55 bits per heavy atom. The molecule has 0 saturated carbocycles. The first-order chi connectivity index (χ1) is 9.47. The molecule has 20 heavy (non-hydrogen) atoms. The van der Waals surface area contributed by atoms with Crippen LogP contribution in [-0.4, -0.2) is 37.0 Å². The number of rotatable bonds is 6. The molecule has 1 amide bonds. The van der Waals surface area contributed by atoms with Crippen LogP contribution < -0.4 is 0 Å². The maximum absolute atomic E-state index is 13.5. The van der Waals surface area contributed by atoms with Crippen molar-refractivity contribution in [2.45, 2.75) is 19.8 Å².